The van der Waals surface area contributed by atoms with E-state index in [-0.39, 0.29) is 0 Å². The predicted molar refractivity (Wildman–Crippen MR) is 28.8 cm³/mol. The van der Waals surface area contributed by atoms with E-state index in [0.29, 0.717) is 0 Å². The maximum atomic E-state index is 11.9. The van der Waals surface area contributed by atoms with Crippen LogP contribution in [0.4, 0.5) is 8.78 Å². The Bertz CT molecular complexity index is 88.4. The Hall–Kier alpha value is -0.440. The molecule has 0 saturated heterocycles. The molecule has 0 aliphatic carbocycles. The lowest BCUT2D eigenvalue weighted by Crippen LogP contribution is -2.24. The highest BCUT2D eigenvalue weighted by atomic mass is 19.3. The van der Waals surface area contributed by atoms with Crippen molar-refractivity contribution >= 4 is 0 Å². The van der Waals surface area contributed by atoms with Crippen molar-refractivity contribution in [3.8, 4) is 0 Å². The molecule has 0 spiro atoms. The number of nitrogens with two attached hydrogens (primary N) is 1. The first-order valence-corrected chi connectivity index (χ1v) is 2.34. The van der Waals surface area contributed by atoms with E-state index < -0.39 is 12.5 Å². The van der Waals surface area contributed by atoms with E-state index in [4.69, 9.17) is 5.73 Å². The molecule has 0 bridgehead atoms. The lowest BCUT2D eigenvalue weighted by molar-refractivity contribution is 0.0651. The summed E-state index contributed by atoms with van der Waals surface area (Å²) in [6.45, 7) is 0.918. The first-order valence-electron chi connectivity index (χ1n) is 2.34. The van der Waals surface area contributed by atoms with Gasteiger partial charge in [-0.25, -0.2) is 8.78 Å². The molecule has 0 fully saturated rings. The fraction of sp³-hybridized carbons (Fsp3) is 0.600. The van der Waals surface area contributed by atoms with E-state index in [1.807, 2.05) is 0 Å². The summed E-state index contributed by atoms with van der Waals surface area (Å²) in [6, 6.07) is 0. The molecule has 0 rings (SSSR count). The van der Waals surface area contributed by atoms with E-state index in [2.05, 4.69) is 0 Å². The van der Waals surface area contributed by atoms with Crippen LogP contribution in [0.25, 0.3) is 0 Å². The van der Waals surface area contributed by atoms with Crippen LogP contribution >= 0.6 is 0 Å². The van der Waals surface area contributed by atoms with Crippen molar-refractivity contribution in [3.63, 3.8) is 0 Å². The molecule has 1 nitrogen and oxygen atoms in total. The van der Waals surface area contributed by atoms with Crippen molar-refractivity contribution in [1.82, 2.24) is 0 Å². The van der Waals surface area contributed by atoms with Gasteiger partial charge in [-0.3, -0.25) is 0 Å². The molecule has 0 amide bonds. The minimum Gasteiger partial charge on any atom is -0.325 e. The highest BCUT2D eigenvalue weighted by molar-refractivity contribution is 4.92. The molecule has 0 aromatic carbocycles. The van der Waals surface area contributed by atoms with Crippen LogP contribution in [0.3, 0.4) is 0 Å². The van der Waals surface area contributed by atoms with Gasteiger partial charge in [0.05, 0.1) is 6.54 Å². The Morgan fingerprint density at radius 3 is 2.25 bits per heavy atom. The topological polar surface area (TPSA) is 26.0 Å². The summed E-state index contributed by atoms with van der Waals surface area (Å²) in [5.41, 5.74) is 4.69. The SMILES string of the molecule is CC=CC(F)(F)CN. The number of alkyl halides is 2. The van der Waals surface area contributed by atoms with Gasteiger partial charge in [-0.05, 0) is 13.0 Å². The minimum atomic E-state index is -2.81. The van der Waals surface area contributed by atoms with E-state index in [1.54, 1.807) is 0 Å². The molecule has 0 heterocycles. The van der Waals surface area contributed by atoms with Gasteiger partial charge >= 0.3 is 0 Å². The summed E-state index contributed by atoms with van der Waals surface area (Å²) in [6.07, 6.45) is 2.07. The second-order valence-corrected chi connectivity index (χ2v) is 1.47. The Balaban J connectivity index is 3.71. The minimum absolute atomic E-state index is 0.614. The zero-order valence-electron chi connectivity index (χ0n) is 4.70. The Kier molecular flexibility index (Phi) is 2.62. The molecule has 0 aromatic rings. The summed E-state index contributed by atoms with van der Waals surface area (Å²) >= 11 is 0. The zero-order valence-corrected chi connectivity index (χ0v) is 4.70. The first-order chi connectivity index (χ1) is 3.62. The van der Waals surface area contributed by atoms with Crippen LogP contribution in [-0.2, 0) is 0 Å². The average molecular weight is 121 g/mol. The molecule has 0 saturated carbocycles. The van der Waals surface area contributed by atoms with E-state index in [1.165, 1.54) is 13.0 Å². The van der Waals surface area contributed by atoms with Crippen LogP contribution in [0, 0.1) is 0 Å². The molecule has 0 aliphatic heterocycles. The fourth-order valence-corrected chi connectivity index (χ4v) is 0.312. The van der Waals surface area contributed by atoms with Crippen LogP contribution < -0.4 is 5.73 Å². The van der Waals surface area contributed by atoms with Crippen LogP contribution in [0.2, 0.25) is 0 Å². The number of rotatable bonds is 2. The van der Waals surface area contributed by atoms with Crippen molar-refractivity contribution in [3.05, 3.63) is 12.2 Å². The second kappa shape index (κ2) is 2.77. The Morgan fingerprint density at radius 2 is 2.12 bits per heavy atom. The lowest BCUT2D eigenvalue weighted by atomic mass is 10.3. The maximum absolute atomic E-state index is 11.9. The molecule has 8 heavy (non-hydrogen) atoms. The largest absolute Gasteiger partial charge is 0.325 e. The van der Waals surface area contributed by atoms with Crippen molar-refractivity contribution in [2.24, 2.45) is 5.73 Å². The van der Waals surface area contributed by atoms with Crippen molar-refractivity contribution in [1.29, 1.82) is 0 Å². The molecule has 48 valence electrons. The third-order valence-corrected chi connectivity index (χ3v) is 0.683. The summed E-state index contributed by atoms with van der Waals surface area (Å²) in [5, 5.41) is 0. The number of hydrogen-bond donors (Lipinski definition) is 1. The van der Waals surface area contributed by atoms with Crippen molar-refractivity contribution in [2.45, 2.75) is 12.8 Å². The first kappa shape index (κ1) is 7.56. The van der Waals surface area contributed by atoms with Gasteiger partial charge in [-0.2, -0.15) is 0 Å². The smallest absolute Gasteiger partial charge is 0.278 e. The molecular weight excluding hydrogens is 112 g/mol. The van der Waals surface area contributed by atoms with E-state index >= 15 is 0 Å². The lowest BCUT2D eigenvalue weighted by Gasteiger charge is -2.05. The normalized spacial score (nSPS) is 13.0. The zero-order chi connectivity index (χ0) is 6.62. The highest BCUT2D eigenvalue weighted by Gasteiger charge is 2.20. The summed E-state index contributed by atoms with van der Waals surface area (Å²) in [5.74, 6) is -2.81. The van der Waals surface area contributed by atoms with Gasteiger partial charge < -0.3 is 5.73 Å². The molecule has 0 aliphatic rings. The third kappa shape index (κ3) is 2.69. The van der Waals surface area contributed by atoms with Gasteiger partial charge in [-0.1, -0.05) is 6.08 Å². The van der Waals surface area contributed by atoms with Crippen molar-refractivity contribution < 1.29 is 8.78 Å². The molecule has 0 unspecified atom stereocenters. The average Bonchev–Trinajstić information content (AvgIpc) is 1.67. The van der Waals surface area contributed by atoms with Gasteiger partial charge in [0, 0.05) is 0 Å². The summed E-state index contributed by atoms with van der Waals surface area (Å²) in [4.78, 5) is 0. The molecule has 0 atom stereocenters. The number of hydrogen-bond acceptors (Lipinski definition) is 1. The van der Waals surface area contributed by atoms with E-state index in [9.17, 15) is 8.78 Å². The monoisotopic (exact) mass is 121 g/mol. The van der Waals surface area contributed by atoms with Gasteiger partial charge in [0.25, 0.3) is 5.92 Å². The molecule has 3 heteroatoms. The summed E-state index contributed by atoms with van der Waals surface area (Å²) in [7, 11) is 0. The number of allylic oxidation sites excluding steroid dienone is 1. The quantitative estimate of drug-likeness (QED) is 0.545. The van der Waals surface area contributed by atoms with Crippen molar-refractivity contribution in [2.75, 3.05) is 6.54 Å². The third-order valence-electron chi connectivity index (χ3n) is 0.683. The molecule has 0 radical (unpaired) electrons. The van der Waals surface area contributed by atoms with Gasteiger partial charge in [0.15, 0.2) is 0 Å². The fourth-order valence-electron chi connectivity index (χ4n) is 0.312. The molecule has 0 aromatic heterocycles. The maximum Gasteiger partial charge on any atom is 0.278 e. The predicted octanol–water partition coefficient (Wildman–Crippen LogP) is 1.16. The van der Waals surface area contributed by atoms with Crippen LogP contribution in [0.15, 0.2) is 12.2 Å². The van der Waals surface area contributed by atoms with Gasteiger partial charge in [-0.15, -0.1) is 0 Å². The van der Waals surface area contributed by atoms with Crippen LogP contribution in [-0.4, -0.2) is 12.5 Å². The highest BCUT2D eigenvalue weighted by Crippen LogP contribution is 2.11. The number of halogens is 2. The summed E-state index contributed by atoms with van der Waals surface area (Å²) < 4.78 is 23.9. The van der Waals surface area contributed by atoms with Crippen LogP contribution in [0.1, 0.15) is 6.92 Å². The van der Waals surface area contributed by atoms with Gasteiger partial charge in [0.1, 0.15) is 0 Å². The van der Waals surface area contributed by atoms with E-state index in [0.717, 1.165) is 6.08 Å². The molecular formula is C5H9F2N. The Morgan fingerprint density at radius 1 is 1.62 bits per heavy atom. The Labute approximate surface area is 47.2 Å². The van der Waals surface area contributed by atoms with Crippen LogP contribution in [0.5, 0.6) is 0 Å². The van der Waals surface area contributed by atoms with Gasteiger partial charge in [0.2, 0.25) is 0 Å². The standard InChI is InChI=1S/C5H9F2N/c1-2-3-5(6,7)4-8/h2-3H,4,8H2,1H3. The second-order valence-electron chi connectivity index (χ2n) is 1.47. The molecule has 2 N–H and O–H groups in total.